The van der Waals surface area contributed by atoms with Crippen molar-refractivity contribution in [2.24, 2.45) is 5.92 Å². The molecule has 3 heterocycles. The molecule has 0 saturated carbocycles. The fourth-order valence-electron chi connectivity index (χ4n) is 5.48. The lowest BCUT2D eigenvalue weighted by atomic mass is 9.99. The van der Waals surface area contributed by atoms with Gasteiger partial charge in [-0.25, -0.2) is 4.98 Å². The van der Waals surface area contributed by atoms with Gasteiger partial charge in [0.05, 0.1) is 5.69 Å². The second kappa shape index (κ2) is 10.3. The molecule has 1 aliphatic heterocycles. The van der Waals surface area contributed by atoms with Gasteiger partial charge in [0.25, 0.3) is 0 Å². The Hall–Kier alpha value is -4.12. The predicted molar refractivity (Wildman–Crippen MR) is 154 cm³/mol. The normalized spacial score (nSPS) is 14.9. The second-order valence-electron chi connectivity index (χ2n) is 10.6. The SMILES string of the molecule is Cc1ccc(-c2ccc(-c3cn4c(n3)CCC(CNC(=O)CCn3ccc5ccccc53)C4)cc2)cc1C. The molecule has 5 heteroatoms. The fraction of sp³-hybridized carbons (Fsp3) is 0.273. The monoisotopic (exact) mass is 502 g/mol. The van der Waals surface area contributed by atoms with Crippen LogP contribution in [0.2, 0.25) is 0 Å². The summed E-state index contributed by atoms with van der Waals surface area (Å²) in [7, 11) is 0. The molecule has 0 radical (unpaired) electrons. The summed E-state index contributed by atoms with van der Waals surface area (Å²) in [4.78, 5) is 17.5. The van der Waals surface area contributed by atoms with Gasteiger partial charge in [-0.05, 0) is 66.0 Å². The van der Waals surface area contributed by atoms with E-state index in [2.05, 4.69) is 101 Å². The first-order valence-electron chi connectivity index (χ1n) is 13.6. The van der Waals surface area contributed by atoms with Crippen LogP contribution in [-0.2, 0) is 24.3 Å². The molecule has 1 N–H and O–H groups in total. The predicted octanol–water partition coefficient (Wildman–Crippen LogP) is 6.56. The third kappa shape index (κ3) is 5.01. The van der Waals surface area contributed by atoms with E-state index in [-0.39, 0.29) is 5.91 Å². The Morgan fingerprint density at radius 1 is 0.947 bits per heavy atom. The van der Waals surface area contributed by atoms with Crippen molar-refractivity contribution in [2.45, 2.75) is 46.2 Å². The zero-order chi connectivity index (χ0) is 26.1. The van der Waals surface area contributed by atoms with Gasteiger partial charge in [0, 0.05) is 55.9 Å². The number of nitrogens with one attached hydrogen (secondary N) is 1. The topological polar surface area (TPSA) is 51.9 Å². The summed E-state index contributed by atoms with van der Waals surface area (Å²) in [6.07, 6.45) is 6.71. The summed E-state index contributed by atoms with van der Waals surface area (Å²) in [6, 6.07) is 25.7. The van der Waals surface area contributed by atoms with Crippen LogP contribution in [0.25, 0.3) is 33.3 Å². The number of hydrogen-bond donors (Lipinski definition) is 1. The molecule has 0 bridgehead atoms. The molecule has 3 aromatic carbocycles. The number of benzene rings is 3. The van der Waals surface area contributed by atoms with E-state index in [1.165, 1.54) is 33.2 Å². The first-order valence-corrected chi connectivity index (χ1v) is 13.6. The van der Waals surface area contributed by atoms with E-state index in [0.29, 0.717) is 25.4 Å². The Morgan fingerprint density at radius 3 is 2.58 bits per heavy atom. The molecule has 1 aliphatic rings. The van der Waals surface area contributed by atoms with Gasteiger partial charge in [0.1, 0.15) is 5.82 Å². The number of para-hydroxylation sites is 1. The van der Waals surface area contributed by atoms with Crippen molar-refractivity contribution in [2.75, 3.05) is 6.54 Å². The summed E-state index contributed by atoms with van der Waals surface area (Å²) in [6.45, 7) is 6.61. The molecule has 0 spiro atoms. The van der Waals surface area contributed by atoms with Gasteiger partial charge < -0.3 is 14.5 Å². The van der Waals surface area contributed by atoms with Crippen molar-refractivity contribution in [1.82, 2.24) is 19.4 Å². The van der Waals surface area contributed by atoms with Crippen molar-refractivity contribution in [1.29, 1.82) is 0 Å². The van der Waals surface area contributed by atoms with Gasteiger partial charge in [-0.2, -0.15) is 0 Å². The van der Waals surface area contributed by atoms with E-state index in [1.807, 2.05) is 12.1 Å². The minimum atomic E-state index is 0.115. The van der Waals surface area contributed by atoms with E-state index in [9.17, 15) is 4.79 Å². The molecule has 1 amide bonds. The molecular weight excluding hydrogens is 468 g/mol. The number of nitrogens with zero attached hydrogens (tertiary/aromatic N) is 3. The molecule has 0 fully saturated rings. The van der Waals surface area contributed by atoms with Crippen LogP contribution in [0.4, 0.5) is 0 Å². The van der Waals surface area contributed by atoms with E-state index in [0.717, 1.165) is 36.5 Å². The highest BCUT2D eigenvalue weighted by Crippen LogP contribution is 2.28. The summed E-state index contributed by atoms with van der Waals surface area (Å²) < 4.78 is 4.43. The lowest BCUT2D eigenvalue weighted by molar-refractivity contribution is -0.121. The molecule has 2 aromatic heterocycles. The third-order valence-electron chi connectivity index (χ3n) is 7.96. The van der Waals surface area contributed by atoms with E-state index < -0.39 is 0 Å². The molecule has 5 nitrogen and oxygen atoms in total. The Balaban J connectivity index is 1.04. The molecular formula is C33H34N4O. The van der Waals surface area contributed by atoms with Gasteiger partial charge >= 0.3 is 0 Å². The van der Waals surface area contributed by atoms with Crippen LogP contribution in [0.5, 0.6) is 0 Å². The molecule has 1 unspecified atom stereocenters. The quantitative estimate of drug-likeness (QED) is 0.274. The Morgan fingerprint density at radius 2 is 1.74 bits per heavy atom. The molecule has 6 rings (SSSR count). The van der Waals surface area contributed by atoms with Gasteiger partial charge in [-0.3, -0.25) is 4.79 Å². The average Bonchev–Trinajstić information content (AvgIpc) is 3.56. The zero-order valence-electron chi connectivity index (χ0n) is 22.2. The van der Waals surface area contributed by atoms with Crippen LogP contribution >= 0.6 is 0 Å². The van der Waals surface area contributed by atoms with Gasteiger partial charge in [0.15, 0.2) is 0 Å². The highest BCUT2D eigenvalue weighted by molar-refractivity contribution is 5.80. The number of carbonyl (C=O) groups excluding carboxylic acids is 1. The lowest BCUT2D eigenvalue weighted by Gasteiger charge is -2.23. The number of imidazole rings is 1. The maximum atomic E-state index is 12.6. The van der Waals surface area contributed by atoms with E-state index in [1.54, 1.807) is 0 Å². The van der Waals surface area contributed by atoms with Crippen LogP contribution in [0.15, 0.2) is 85.2 Å². The highest BCUT2D eigenvalue weighted by Gasteiger charge is 2.21. The second-order valence-corrected chi connectivity index (χ2v) is 10.6. The number of amides is 1. The van der Waals surface area contributed by atoms with Crippen LogP contribution in [0, 0.1) is 19.8 Å². The van der Waals surface area contributed by atoms with Gasteiger partial charge in [-0.1, -0.05) is 60.7 Å². The molecule has 192 valence electrons. The minimum absolute atomic E-state index is 0.115. The zero-order valence-corrected chi connectivity index (χ0v) is 22.2. The van der Waals surface area contributed by atoms with Gasteiger partial charge in [-0.15, -0.1) is 0 Å². The smallest absolute Gasteiger partial charge is 0.221 e. The van der Waals surface area contributed by atoms with Crippen molar-refractivity contribution in [3.63, 3.8) is 0 Å². The minimum Gasteiger partial charge on any atom is -0.356 e. The van der Waals surface area contributed by atoms with Crippen molar-refractivity contribution in [3.05, 3.63) is 102 Å². The summed E-state index contributed by atoms with van der Waals surface area (Å²) in [5.74, 6) is 1.68. The standard InChI is InChI=1S/C33H34N4O/c1-23-7-9-29(19-24(23)2)26-10-12-27(13-11-26)30-22-37-21-25(8-14-32(37)35-30)20-34-33(38)16-18-36-17-15-28-5-3-4-6-31(28)36/h3-7,9-13,15,17,19,22,25H,8,14,16,18,20-21H2,1-2H3,(H,34,38). The number of aromatic nitrogens is 3. The Kier molecular flexibility index (Phi) is 6.59. The number of fused-ring (bicyclic) bond motifs is 2. The van der Waals surface area contributed by atoms with Crippen molar-refractivity contribution >= 4 is 16.8 Å². The molecule has 0 saturated heterocycles. The first-order chi connectivity index (χ1) is 18.5. The molecule has 1 atom stereocenters. The van der Waals surface area contributed by atoms with Crippen LogP contribution in [0.3, 0.4) is 0 Å². The first kappa shape index (κ1) is 24.2. The number of rotatable bonds is 7. The number of hydrogen-bond acceptors (Lipinski definition) is 2. The fourth-order valence-corrected chi connectivity index (χ4v) is 5.48. The summed E-state index contributed by atoms with van der Waals surface area (Å²) in [5, 5.41) is 4.39. The van der Waals surface area contributed by atoms with Crippen LogP contribution < -0.4 is 5.32 Å². The lowest BCUT2D eigenvalue weighted by Crippen LogP contribution is -2.34. The average molecular weight is 503 g/mol. The van der Waals surface area contributed by atoms with Crippen molar-refractivity contribution in [3.8, 4) is 22.4 Å². The molecule has 0 aliphatic carbocycles. The van der Waals surface area contributed by atoms with E-state index >= 15 is 0 Å². The van der Waals surface area contributed by atoms with Crippen LogP contribution in [0.1, 0.15) is 29.8 Å². The summed E-state index contributed by atoms with van der Waals surface area (Å²) >= 11 is 0. The summed E-state index contributed by atoms with van der Waals surface area (Å²) in [5.41, 5.74) is 8.44. The maximum absolute atomic E-state index is 12.6. The Bertz CT molecular complexity index is 1590. The van der Waals surface area contributed by atoms with Crippen molar-refractivity contribution < 1.29 is 4.79 Å². The third-order valence-corrected chi connectivity index (χ3v) is 7.96. The largest absolute Gasteiger partial charge is 0.356 e. The van der Waals surface area contributed by atoms with Gasteiger partial charge in [0.2, 0.25) is 5.91 Å². The van der Waals surface area contributed by atoms with E-state index in [4.69, 9.17) is 4.98 Å². The molecule has 5 aromatic rings. The highest BCUT2D eigenvalue weighted by atomic mass is 16.1. The maximum Gasteiger partial charge on any atom is 0.221 e. The van der Waals surface area contributed by atoms with Crippen LogP contribution in [-0.4, -0.2) is 26.6 Å². The number of aryl methyl sites for hydroxylation is 4. The molecule has 38 heavy (non-hydrogen) atoms. The number of carbonyl (C=O) groups is 1. The Labute approximate surface area is 224 Å².